The first-order valence-corrected chi connectivity index (χ1v) is 9.61. The van der Waals surface area contributed by atoms with Crippen molar-refractivity contribution in [3.63, 3.8) is 0 Å². The van der Waals surface area contributed by atoms with E-state index in [1.807, 2.05) is 6.92 Å². The van der Waals surface area contributed by atoms with Crippen molar-refractivity contribution >= 4 is 23.3 Å². The molecule has 3 heteroatoms. The summed E-state index contributed by atoms with van der Waals surface area (Å²) in [6.45, 7) is 4.63. The van der Waals surface area contributed by atoms with E-state index in [9.17, 15) is 4.79 Å². The zero-order valence-electron chi connectivity index (χ0n) is 15.1. The van der Waals surface area contributed by atoms with Crippen LogP contribution in [0.15, 0.2) is 12.2 Å². The zero-order valence-corrected chi connectivity index (χ0v) is 15.1. The number of allylic oxidation sites excluding steroid dienone is 2. The van der Waals surface area contributed by atoms with Crippen LogP contribution in [-0.4, -0.2) is 29.9 Å². The number of esters is 1. The standard InChI is InChI=1S/C20H38O2.Al.3H/c1-3-5-6-7-8-9-10-11-12-13-14-15-16-17-18-19-20(21)22-4-2;;;;/h11-12H,3-10,13-19H2,1-2H3;;;;/b12-11-;;;;. The van der Waals surface area contributed by atoms with Crippen LogP contribution in [0.25, 0.3) is 0 Å². The lowest BCUT2D eigenvalue weighted by Crippen LogP contribution is -2.03. The number of rotatable bonds is 16. The van der Waals surface area contributed by atoms with E-state index < -0.39 is 0 Å². The fourth-order valence-corrected chi connectivity index (χ4v) is 2.57. The number of carbonyl (C=O) groups is 1. The normalized spacial score (nSPS) is 10.7. The van der Waals surface area contributed by atoms with Crippen LogP contribution in [0.1, 0.15) is 104 Å². The van der Waals surface area contributed by atoms with Crippen LogP contribution in [0.3, 0.4) is 0 Å². The van der Waals surface area contributed by atoms with Crippen molar-refractivity contribution in [1.29, 1.82) is 0 Å². The molecule has 0 radical (unpaired) electrons. The van der Waals surface area contributed by atoms with Crippen molar-refractivity contribution in [2.75, 3.05) is 6.61 Å². The third-order valence-electron chi connectivity index (χ3n) is 3.95. The third-order valence-corrected chi connectivity index (χ3v) is 3.95. The van der Waals surface area contributed by atoms with Crippen LogP contribution in [0.2, 0.25) is 0 Å². The van der Waals surface area contributed by atoms with Crippen LogP contribution < -0.4 is 0 Å². The van der Waals surface area contributed by atoms with E-state index in [1.54, 1.807) is 0 Å². The number of hydrogen-bond donors (Lipinski definition) is 0. The van der Waals surface area contributed by atoms with Crippen molar-refractivity contribution in [2.24, 2.45) is 0 Å². The molecule has 0 aliphatic carbocycles. The molecular formula is C20H41AlO2. The van der Waals surface area contributed by atoms with E-state index in [4.69, 9.17) is 4.74 Å². The third kappa shape index (κ3) is 21.7. The Bertz CT molecular complexity index is 264. The van der Waals surface area contributed by atoms with E-state index in [2.05, 4.69) is 19.1 Å². The van der Waals surface area contributed by atoms with Gasteiger partial charge in [-0.25, -0.2) is 0 Å². The Morgan fingerprint density at radius 3 is 1.74 bits per heavy atom. The van der Waals surface area contributed by atoms with Gasteiger partial charge in [0.25, 0.3) is 0 Å². The van der Waals surface area contributed by atoms with Gasteiger partial charge in [-0.3, -0.25) is 4.79 Å². The largest absolute Gasteiger partial charge is 0.466 e. The van der Waals surface area contributed by atoms with E-state index in [-0.39, 0.29) is 23.3 Å². The SMILES string of the molecule is CCCCCCCC/C=C\CCCCCCCC(=O)OCC.[AlH3]. The molecule has 0 amide bonds. The quantitative estimate of drug-likeness (QED) is 0.163. The summed E-state index contributed by atoms with van der Waals surface area (Å²) >= 11 is 0. The topological polar surface area (TPSA) is 26.3 Å². The molecule has 0 rings (SSSR count). The van der Waals surface area contributed by atoms with Crippen LogP contribution in [-0.2, 0) is 9.53 Å². The molecule has 0 fully saturated rings. The highest BCUT2D eigenvalue weighted by molar-refractivity contribution is 5.75. The molecule has 0 aromatic carbocycles. The average molecular weight is 341 g/mol. The minimum atomic E-state index is -0.0415. The van der Waals surface area contributed by atoms with E-state index in [0.29, 0.717) is 13.0 Å². The predicted molar refractivity (Wildman–Crippen MR) is 106 cm³/mol. The smallest absolute Gasteiger partial charge is 0.305 e. The van der Waals surface area contributed by atoms with Crippen LogP contribution in [0, 0.1) is 0 Å². The maximum atomic E-state index is 11.1. The molecular weight excluding hydrogens is 299 g/mol. The highest BCUT2D eigenvalue weighted by Gasteiger charge is 2.00. The van der Waals surface area contributed by atoms with Crippen LogP contribution in [0.5, 0.6) is 0 Å². The Morgan fingerprint density at radius 1 is 0.739 bits per heavy atom. The molecule has 0 unspecified atom stereocenters. The molecule has 0 atom stereocenters. The molecule has 0 aliphatic heterocycles. The highest BCUT2D eigenvalue weighted by Crippen LogP contribution is 2.10. The molecule has 0 saturated heterocycles. The molecule has 0 spiro atoms. The van der Waals surface area contributed by atoms with Gasteiger partial charge in [-0.15, -0.1) is 0 Å². The molecule has 0 heterocycles. The lowest BCUT2D eigenvalue weighted by Gasteiger charge is -2.01. The molecule has 0 N–H and O–H groups in total. The van der Waals surface area contributed by atoms with Gasteiger partial charge in [-0.1, -0.05) is 70.4 Å². The van der Waals surface area contributed by atoms with Gasteiger partial charge in [0.15, 0.2) is 17.4 Å². The minimum absolute atomic E-state index is 0. The van der Waals surface area contributed by atoms with Gasteiger partial charge >= 0.3 is 5.97 Å². The molecule has 0 saturated carbocycles. The summed E-state index contributed by atoms with van der Waals surface area (Å²) in [5, 5.41) is 0. The van der Waals surface area contributed by atoms with Gasteiger partial charge in [0, 0.05) is 6.42 Å². The predicted octanol–water partition coefficient (Wildman–Crippen LogP) is 5.40. The minimum Gasteiger partial charge on any atom is -0.466 e. The second kappa shape index (κ2) is 21.7. The van der Waals surface area contributed by atoms with Crippen LogP contribution >= 0.6 is 0 Å². The fraction of sp³-hybridized carbons (Fsp3) is 0.850. The van der Waals surface area contributed by atoms with Crippen molar-refractivity contribution in [3.05, 3.63) is 12.2 Å². The molecule has 2 nitrogen and oxygen atoms in total. The maximum Gasteiger partial charge on any atom is 0.305 e. The Labute approximate surface area is 155 Å². The Kier molecular flexibility index (Phi) is 23.6. The van der Waals surface area contributed by atoms with E-state index in [1.165, 1.54) is 70.6 Å². The lowest BCUT2D eigenvalue weighted by atomic mass is 10.1. The second-order valence-corrected chi connectivity index (χ2v) is 6.14. The lowest BCUT2D eigenvalue weighted by molar-refractivity contribution is -0.143. The van der Waals surface area contributed by atoms with Crippen LogP contribution in [0.4, 0.5) is 0 Å². The fourth-order valence-electron chi connectivity index (χ4n) is 2.57. The van der Waals surface area contributed by atoms with E-state index in [0.717, 1.165) is 12.8 Å². The monoisotopic (exact) mass is 340 g/mol. The maximum absolute atomic E-state index is 11.1. The zero-order chi connectivity index (χ0) is 16.3. The Hall–Kier alpha value is -0.258. The number of unbranched alkanes of at least 4 members (excludes halogenated alkanes) is 11. The van der Waals surface area contributed by atoms with Gasteiger partial charge in [0.1, 0.15) is 0 Å². The van der Waals surface area contributed by atoms with Gasteiger partial charge in [0.05, 0.1) is 6.61 Å². The summed E-state index contributed by atoms with van der Waals surface area (Å²) in [4.78, 5) is 11.1. The number of ether oxygens (including phenoxy) is 1. The summed E-state index contributed by atoms with van der Waals surface area (Å²) in [5.74, 6) is -0.0415. The molecule has 136 valence electrons. The molecule has 0 aromatic rings. The Balaban J connectivity index is 0. The number of carbonyl (C=O) groups excluding carboxylic acids is 1. The molecule has 23 heavy (non-hydrogen) atoms. The average Bonchev–Trinajstić information content (AvgIpc) is 2.51. The highest BCUT2D eigenvalue weighted by atomic mass is 27.0. The summed E-state index contributed by atoms with van der Waals surface area (Å²) < 4.78 is 4.91. The summed E-state index contributed by atoms with van der Waals surface area (Å²) in [6, 6.07) is 0. The van der Waals surface area contributed by atoms with Gasteiger partial charge in [-0.05, 0) is 39.0 Å². The van der Waals surface area contributed by atoms with E-state index >= 15 is 0 Å². The van der Waals surface area contributed by atoms with Crippen molar-refractivity contribution < 1.29 is 9.53 Å². The number of hydrogen-bond acceptors (Lipinski definition) is 2. The summed E-state index contributed by atoms with van der Waals surface area (Å²) in [5.41, 5.74) is 0. The first-order valence-electron chi connectivity index (χ1n) is 9.61. The van der Waals surface area contributed by atoms with Crippen molar-refractivity contribution in [1.82, 2.24) is 0 Å². The first kappa shape index (κ1) is 25.0. The van der Waals surface area contributed by atoms with Gasteiger partial charge < -0.3 is 4.74 Å². The second-order valence-electron chi connectivity index (χ2n) is 6.14. The summed E-state index contributed by atoms with van der Waals surface area (Å²) in [7, 11) is 0. The molecule has 0 aromatic heterocycles. The Morgan fingerprint density at radius 2 is 1.22 bits per heavy atom. The van der Waals surface area contributed by atoms with Crippen molar-refractivity contribution in [2.45, 2.75) is 104 Å². The molecule has 0 bridgehead atoms. The molecule has 0 aliphatic rings. The first-order chi connectivity index (χ1) is 10.8. The van der Waals surface area contributed by atoms with Gasteiger partial charge in [0.2, 0.25) is 0 Å². The van der Waals surface area contributed by atoms with Crippen molar-refractivity contribution in [3.8, 4) is 0 Å². The van der Waals surface area contributed by atoms with Gasteiger partial charge in [-0.2, -0.15) is 0 Å². The summed E-state index contributed by atoms with van der Waals surface area (Å²) in [6.07, 6.45) is 22.0.